The van der Waals surface area contributed by atoms with Crippen molar-refractivity contribution in [1.82, 2.24) is 0 Å². The molecule has 0 saturated heterocycles. The summed E-state index contributed by atoms with van der Waals surface area (Å²) in [4.78, 5) is 10.3. The fourth-order valence-electron chi connectivity index (χ4n) is 1.33. The van der Waals surface area contributed by atoms with Gasteiger partial charge in [0.1, 0.15) is 5.75 Å². The minimum Gasteiger partial charge on any atom is -0.493 e. The van der Waals surface area contributed by atoms with Crippen LogP contribution in [-0.2, 0) is 0 Å². The van der Waals surface area contributed by atoms with Gasteiger partial charge in [-0.1, -0.05) is 6.08 Å². The number of nitrogens with zero attached hydrogens (tertiary/aromatic N) is 1. The van der Waals surface area contributed by atoms with Crippen molar-refractivity contribution in [3.63, 3.8) is 0 Å². The van der Waals surface area contributed by atoms with Crippen molar-refractivity contribution in [3.05, 3.63) is 41.0 Å². The third-order valence-corrected chi connectivity index (χ3v) is 2.21. The zero-order chi connectivity index (χ0) is 12.7. The summed E-state index contributed by atoms with van der Waals surface area (Å²) >= 11 is 0. The first kappa shape index (κ1) is 13.0. The first-order valence-electron chi connectivity index (χ1n) is 5.38. The van der Waals surface area contributed by atoms with E-state index >= 15 is 0 Å². The van der Waals surface area contributed by atoms with Crippen LogP contribution >= 0.6 is 0 Å². The second kappa shape index (κ2) is 6.52. The Hall–Kier alpha value is -2.04. The number of unbranched alkanes of at least 4 members (excludes halogenated alkanes) is 1. The standard InChI is InChI=1S/C12H16N2O3/c1-3-4-5-6-17-12-8-10(13-2)7-11(9-12)14(15)16/h3,7-9,13H,1,4-6H2,2H3. The maximum Gasteiger partial charge on any atom is 0.275 e. The van der Waals surface area contributed by atoms with Gasteiger partial charge in [0.25, 0.3) is 5.69 Å². The van der Waals surface area contributed by atoms with Gasteiger partial charge in [-0.3, -0.25) is 10.1 Å². The molecule has 5 nitrogen and oxygen atoms in total. The molecule has 0 fully saturated rings. The number of nitrogens with one attached hydrogen (secondary N) is 1. The predicted octanol–water partition coefficient (Wildman–Crippen LogP) is 2.98. The first-order chi connectivity index (χ1) is 8.17. The summed E-state index contributed by atoms with van der Waals surface area (Å²) < 4.78 is 5.45. The summed E-state index contributed by atoms with van der Waals surface area (Å²) in [5.41, 5.74) is 0.688. The van der Waals surface area contributed by atoms with Gasteiger partial charge in [-0.2, -0.15) is 0 Å². The summed E-state index contributed by atoms with van der Waals surface area (Å²) in [5.74, 6) is 0.507. The minimum absolute atomic E-state index is 0.0237. The molecule has 1 N–H and O–H groups in total. The van der Waals surface area contributed by atoms with E-state index in [1.807, 2.05) is 6.08 Å². The lowest BCUT2D eigenvalue weighted by Crippen LogP contribution is -1.99. The van der Waals surface area contributed by atoms with E-state index in [0.717, 1.165) is 12.8 Å². The van der Waals surface area contributed by atoms with Crippen molar-refractivity contribution in [1.29, 1.82) is 0 Å². The molecule has 0 aromatic heterocycles. The minimum atomic E-state index is -0.433. The summed E-state index contributed by atoms with van der Waals surface area (Å²) in [5, 5.41) is 13.6. The van der Waals surface area contributed by atoms with Crippen molar-refractivity contribution >= 4 is 11.4 Å². The molecule has 5 heteroatoms. The number of allylic oxidation sites excluding steroid dienone is 1. The number of hydrogen-bond acceptors (Lipinski definition) is 4. The molecule has 0 radical (unpaired) electrons. The fraction of sp³-hybridized carbons (Fsp3) is 0.333. The van der Waals surface area contributed by atoms with Crippen LogP contribution in [-0.4, -0.2) is 18.6 Å². The zero-order valence-electron chi connectivity index (χ0n) is 9.81. The second-order valence-electron chi connectivity index (χ2n) is 3.50. The number of benzene rings is 1. The largest absolute Gasteiger partial charge is 0.493 e. The van der Waals surface area contributed by atoms with E-state index in [1.165, 1.54) is 12.1 Å². The predicted molar refractivity (Wildman–Crippen MR) is 67.6 cm³/mol. The average Bonchev–Trinajstić information content (AvgIpc) is 2.34. The van der Waals surface area contributed by atoms with Gasteiger partial charge in [0, 0.05) is 24.9 Å². The first-order valence-corrected chi connectivity index (χ1v) is 5.38. The van der Waals surface area contributed by atoms with E-state index in [9.17, 15) is 10.1 Å². The van der Waals surface area contributed by atoms with Crippen molar-refractivity contribution in [2.75, 3.05) is 19.0 Å². The maximum absolute atomic E-state index is 10.7. The molecular weight excluding hydrogens is 220 g/mol. The lowest BCUT2D eigenvalue weighted by atomic mass is 10.2. The molecule has 0 aliphatic rings. The Morgan fingerprint density at radius 2 is 2.29 bits per heavy atom. The molecule has 0 aliphatic heterocycles. The topological polar surface area (TPSA) is 64.4 Å². The summed E-state index contributed by atoms with van der Waals surface area (Å²) in [6.45, 7) is 4.14. The number of ether oxygens (including phenoxy) is 1. The SMILES string of the molecule is C=CCCCOc1cc(NC)cc([N+](=O)[O-])c1. The van der Waals surface area contributed by atoms with E-state index in [-0.39, 0.29) is 5.69 Å². The van der Waals surface area contributed by atoms with E-state index in [1.54, 1.807) is 13.1 Å². The van der Waals surface area contributed by atoms with Gasteiger partial charge in [-0.15, -0.1) is 6.58 Å². The van der Waals surface area contributed by atoms with E-state index < -0.39 is 4.92 Å². The molecule has 0 spiro atoms. The molecule has 0 unspecified atom stereocenters. The van der Waals surface area contributed by atoms with Crippen molar-refractivity contribution in [3.8, 4) is 5.75 Å². The highest BCUT2D eigenvalue weighted by atomic mass is 16.6. The molecule has 0 heterocycles. The van der Waals surface area contributed by atoms with Crippen LogP contribution in [0.15, 0.2) is 30.9 Å². The molecule has 0 amide bonds. The van der Waals surface area contributed by atoms with E-state index in [0.29, 0.717) is 18.0 Å². The Bertz CT molecular complexity index is 405. The maximum atomic E-state index is 10.7. The molecular formula is C12H16N2O3. The number of nitro benzene ring substituents is 1. The number of non-ortho nitro benzene ring substituents is 1. The highest BCUT2D eigenvalue weighted by Gasteiger charge is 2.09. The van der Waals surface area contributed by atoms with Crippen molar-refractivity contribution < 1.29 is 9.66 Å². The van der Waals surface area contributed by atoms with Gasteiger partial charge < -0.3 is 10.1 Å². The number of rotatable bonds is 7. The Kier molecular flexibility index (Phi) is 5.00. The molecule has 17 heavy (non-hydrogen) atoms. The quantitative estimate of drug-likeness (QED) is 0.342. The Morgan fingerprint density at radius 1 is 1.53 bits per heavy atom. The fourth-order valence-corrected chi connectivity index (χ4v) is 1.33. The van der Waals surface area contributed by atoms with Gasteiger partial charge in [0.15, 0.2) is 0 Å². The molecule has 0 saturated carbocycles. The molecule has 0 aliphatic carbocycles. The zero-order valence-corrected chi connectivity index (χ0v) is 9.81. The second-order valence-corrected chi connectivity index (χ2v) is 3.50. The Labute approximate surface area is 100 Å². The molecule has 1 rings (SSSR count). The molecule has 1 aromatic carbocycles. The lowest BCUT2D eigenvalue weighted by molar-refractivity contribution is -0.384. The van der Waals surface area contributed by atoms with Crippen LogP contribution in [0.5, 0.6) is 5.75 Å². The van der Waals surface area contributed by atoms with E-state index in [2.05, 4.69) is 11.9 Å². The van der Waals surface area contributed by atoms with Gasteiger partial charge in [0.2, 0.25) is 0 Å². The van der Waals surface area contributed by atoms with Gasteiger partial charge in [-0.25, -0.2) is 0 Å². The average molecular weight is 236 g/mol. The van der Waals surface area contributed by atoms with Crippen LogP contribution in [0, 0.1) is 10.1 Å². The lowest BCUT2D eigenvalue weighted by Gasteiger charge is -2.07. The Balaban J connectivity index is 2.73. The number of hydrogen-bond donors (Lipinski definition) is 1. The highest BCUT2D eigenvalue weighted by Crippen LogP contribution is 2.25. The molecule has 92 valence electrons. The van der Waals surface area contributed by atoms with Gasteiger partial charge in [0.05, 0.1) is 17.6 Å². The number of anilines is 1. The van der Waals surface area contributed by atoms with Crippen LogP contribution in [0.4, 0.5) is 11.4 Å². The molecule has 1 aromatic rings. The van der Waals surface area contributed by atoms with Crippen LogP contribution in [0.25, 0.3) is 0 Å². The van der Waals surface area contributed by atoms with Gasteiger partial charge in [-0.05, 0) is 12.8 Å². The third-order valence-electron chi connectivity index (χ3n) is 2.21. The summed E-state index contributed by atoms with van der Waals surface area (Å²) in [7, 11) is 1.71. The van der Waals surface area contributed by atoms with Crippen molar-refractivity contribution in [2.24, 2.45) is 0 Å². The number of nitro groups is 1. The van der Waals surface area contributed by atoms with Crippen LogP contribution in [0.2, 0.25) is 0 Å². The van der Waals surface area contributed by atoms with Crippen LogP contribution in [0.1, 0.15) is 12.8 Å². The smallest absolute Gasteiger partial charge is 0.275 e. The van der Waals surface area contributed by atoms with Crippen molar-refractivity contribution in [2.45, 2.75) is 12.8 Å². The molecule has 0 bridgehead atoms. The summed E-state index contributed by atoms with van der Waals surface area (Å²) in [6, 6.07) is 4.63. The monoisotopic (exact) mass is 236 g/mol. The Morgan fingerprint density at radius 3 is 2.88 bits per heavy atom. The summed E-state index contributed by atoms with van der Waals surface area (Å²) in [6.07, 6.45) is 3.53. The van der Waals surface area contributed by atoms with Crippen LogP contribution in [0.3, 0.4) is 0 Å². The molecule has 0 atom stereocenters. The van der Waals surface area contributed by atoms with E-state index in [4.69, 9.17) is 4.74 Å². The normalized spacial score (nSPS) is 9.71. The third kappa shape index (κ3) is 4.14. The van der Waals surface area contributed by atoms with Crippen LogP contribution < -0.4 is 10.1 Å². The van der Waals surface area contributed by atoms with Gasteiger partial charge >= 0.3 is 0 Å². The highest BCUT2D eigenvalue weighted by molar-refractivity contribution is 5.55.